The Morgan fingerprint density at radius 3 is 2.72 bits per heavy atom. The van der Waals surface area contributed by atoms with Gasteiger partial charge in [-0.15, -0.1) is 0 Å². The normalized spacial score (nSPS) is 19.7. The minimum Gasteiger partial charge on any atom is -0.491 e. The van der Waals surface area contributed by atoms with E-state index in [0.29, 0.717) is 13.2 Å². The molecule has 1 aliphatic rings. The lowest BCUT2D eigenvalue weighted by molar-refractivity contribution is 0.0764. The second-order valence-electron chi connectivity index (χ2n) is 4.60. The van der Waals surface area contributed by atoms with Crippen LogP contribution in [0.1, 0.15) is 13.8 Å². The molecule has 1 aliphatic heterocycles. The second kappa shape index (κ2) is 5.74. The second-order valence-corrected chi connectivity index (χ2v) is 4.60. The topological polar surface area (TPSA) is 45.5 Å². The highest BCUT2D eigenvalue weighted by Gasteiger charge is 2.19. The third-order valence-electron chi connectivity index (χ3n) is 2.78. The van der Waals surface area contributed by atoms with Crippen molar-refractivity contribution in [2.24, 2.45) is 0 Å². The van der Waals surface area contributed by atoms with Gasteiger partial charge in [-0.2, -0.15) is 5.26 Å². The standard InChI is InChI=1S/C14H18N2O2/c1-11(2)18-13-5-3-12(4-6-13)16-7-8-17-14(9-15)10-16/h3-6,11,14H,7-8,10H2,1-2H3. The molecule has 0 saturated carbocycles. The summed E-state index contributed by atoms with van der Waals surface area (Å²) in [4.78, 5) is 2.16. The average molecular weight is 246 g/mol. The third kappa shape index (κ3) is 3.14. The molecular formula is C14H18N2O2. The first-order chi connectivity index (χ1) is 8.69. The minimum atomic E-state index is -0.328. The van der Waals surface area contributed by atoms with Crippen LogP contribution in [0.5, 0.6) is 5.75 Å². The average Bonchev–Trinajstić information content (AvgIpc) is 2.39. The van der Waals surface area contributed by atoms with Crippen LogP contribution in [-0.2, 0) is 4.74 Å². The molecule has 1 atom stereocenters. The van der Waals surface area contributed by atoms with Crippen molar-refractivity contribution in [1.82, 2.24) is 0 Å². The van der Waals surface area contributed by atoms with Gasteiger partial charge in [0.2, 0.25) is 0 Å². The van der Waals surface area contributed by atoms with Gasteiger partial charge in [0, 0.05) is 12.2 Å². The number of ether oxygens (including phenoxy) is 2. The minimum absolute atomic E-state index is 0.183. The smallest absolute Gasteiger partial charge is 0.161 e. The number of rotatable bonds is 3. The summed E-state index contributed by atoms with van der Waals surface area (Å²) in [6.07, 6.45) is -0.146. The van der Waals surface area contributed by atoms with Crippen LogP contribution in [0.4, 0.5) is 5.69 Å². The zero-order valence-corrected chi connectivity index (χ0v) is 10.8. The van der Waals surface area contributed by atoms with E-state index in [-0.39, 0.29) is 12.2 Å². The maximum atomic E-state index is 8.88. The van der Waals surface area contributed by atoms with E-state index in [9.17, 15) is 0 Å². The molecule has 1 aromatic rings. The Kier molecular flexibility index (Phi) is 4.06. The van der Waals surface area contributed by atoms with Gasteiger partial charge < -0.3 is 14.4 Å². The van der Waals surface area contributed by atoms with E-state index >= 15 is 0 Å². The van der Waals surface area contributed by atoms with Crippen molar-refractivity contribution in [2.45, 2.75) is 26.1 Å². The van der Waals surface area contributed by atoms with Crippen LogP contribution in [0.25, 0.3) is 0 Å². The molecule has 4 heteroatoms. The first-order valence-corrected chi connectivity index (χ1v) is 6.22. The molecule has 1 saturated heterocycles. The molecule has 0 aliphatic carbocycles. The molecule has 0 amide bonds. The highest BCUT2D eigenvalue weighted by molar-refractivity contribution is 5.49. The Morgan fingerprint density at radius 2 is 2.11 bits per heavy atom. The lowest BCUT2D eigenvalue weighted by Gasteiger charge is -2.31. The fourth-order valence-electron chi connectivity index (χ4n) is 1.97. The maximum Gasteiger partial charge on any atom is 0.161 e. The van der Waals surface area contributed by atoms with Crippen LogP contribution < -0.4 is 9.64 Å². The van der Waals surface area contributed by atoms with Gasteiger partial charge in [0.05, 0.1) is 25.3 Å². The van der Waals surface area contributed by atoms with Crippen molar-refractivity contribution in [1.29, 1.82) is 5.26 Å². The Morgan fingerprint density at radius 1 is 1.39 bits per heavy atom. The van der Waals surface area contributed by atoms with Crippen molar-refractivity contribution in [3.8, 4) is 11.8 Å². The van der Waals surface area contributed by atoms with Crippen LogP contribution >= 0.6 is 0 Å². The number of benzene rings is 1. The van der Waals surface area contributed by atoms with Crippen LogP contribution in [0.2, 0.25) is 0 Å². The molecule has 1 unspecified atom stereocenters. The third-order valence-corrected chi connectivity index (χ3v) is 2.78. The molecule has 0 spiro atoms. The van der Waals surface area contributed by atoms with Crippen LogP contribution in [0.3, 0.4) is 0 Å². The van der Waals surface area contributed by atoms with E-state index in [1.54, 1.807) is 0 Å². The zero-order valence-electron chi connectivity index (χ0n) is 10.8. The maximum absolute atomic E-state index is 8.88. The Hall–Kier alpha value is -1.73. The van der Waals surface area contributed by atoms with Gasteiger partial charge in [-0.05, 0) is 38.1 Å². The summed E-state index contributed by atoms with van der Waals surface area (Å²) in [5, 5.41) is 8.88. The number of nitrogens with zero attached hydrogens (tertiary/aromatic N) is 2. The Labute approximate surface area is 108 Å². The molecule has 1 heterocycles. The number of hydrogen-bond donors (Lipinski definition) is 0. The molecule has 0 radical (unpaired) electrons. The number of hydrogen-bond acceptors (Lipinski definition) is 4. The largest absolute Gasteiger partial charge is 0.491 e. The van der Waals surface area contributed by atoms with E-state index in [0.717, 1.165) is 18.0 Å². The van der Waals surface area contributed by atoms with E-state index in [4.69, 9.17) is 14.7 Å². The van der Waals surface area contributed by atoms with Crippen molar-refractivity contribution >= 4 is 5.69 Å². The molecule has 4 nitrogen and oxygen atoms in total. The van der Waals surface area contributed by atoms with Crippen molar-refractivity contribution in [3.05, 3.63) is 24.3 Å². The molecule has 96 valence electrons. The van der Waals surface area contributed by atoms with Gasteiger partial charge in [-0.3, -0.25) is 0 Å². The van der Waals surface area contributed by atoms with Crippen LogP contribution in [-0.4, -0.2) is 31.9 Å². The van der Waals surface area contributed by atoms with Gasteiger partial charge in [0.15, 0.2) is 6.10 Å². The first-order valence-electron chi connectivity index (χ1n) is 6.22. The van der Waals surface area contributed by atoms with Gasteiger partial charge in [0.1, 0.15) is 5.75 Å². The van der Waals surface area contributed by atoms with Gasteiger partial charge in [-0.25, -0.2) is 0 Å². The zero-order chi connectivity index (χ0) is 13.0. The Bertz CT molecular complexity index is 422. The van der Waals surface area contributed by atoms with Crippen molar-refractivity contribution < 1.29 is 9.47 Å². The fraction of sp³-hybridized carbons (Fsp3) is 0.500. The molecule has 0 N–H and O–H groups in total. The molecule has 1 aromatic carbocycles. The summed E-state index contributed by atoms with van der Waals surface area (Å²) in [6.45, 7) is 6.06. The monoisotopic (exact) mass is 246 g/mol. The first kappa shape index (κ1) is 12.7. The summed E-state index contributed by atoms with van der Waals surface area (Å²) in [5.74, 6) is 0.874. The number of nitriles is 1. The predicted octanol–water partition coefficient (Wildman–Crippen LogP) is 2.20. The predicted molar refractivity (Wildman–Crippen MR) is 69.8 cm³/mol. The lowest BCUT2D eigenvalue weighted by Crippen LogP contribution is -2.41. The Balaban J connectivity index is 2.03. The van der Waals surface area contributed by atoms with Gasteiger partial charge >= 0.3 is 0 Å². The summed E-state index contributed by atoms with van der Waals surface area (Å²) in [7, 11) is 0. The van der Waals surface area contributed by atoms with Crippen molar-refractivity contribution in [3.63, 3.8) is 0 Å². The highest BCUT2D eigenvalue weighted by Crippen LogP contribution is 2.22. The molecule has 1 fully saturated rings. The summed E-state index contributed by atoms with van der Waals surface area (Å²) < 4.78 is 10.9. The quantitative estimate of drug-likeness (QED) is 0.820. The lowest BCUT2D eigenvalue weighted by atomic mass is 10.2. The summed E-state index contributed by atoms with van der Waals surface area (Å²) in [5.41, 5.74) is 1.11. The van der Waals surface area contributed by atoms with Crippen molar-refractivity contribution in [2.75, 3.05) is 24.6 Å². The summed E-state index contributed by atoms with van der Waals surface area (Å²) >= 11 is 0. The number of anilines is 1. The molecule has 0 aromatic heterocycles. The van der Waals surface area contributed by atoms with Gasteiger partial charge in [-0.1, -0.05) is 0 Å². The van der Waals surface area contributed by atoms with Crippen LogP contribution in [0.15, 0.2) is 24.3 Å². The highest BCUT2D eigenvalue weighted by atomic mass is 16.5. The molecular weight excluding hydrogens is 228 g/mol. The SMILES string of the molecule is CC(C)Oc1ccc(N2CCOC(C#N)C2)cc1. The molecule has 18 heavy (non-hydrogen) atoms. The van der Waals surface area contributed by atoms with Gasteiger partial charge in [0.25, 0.3) is 0 Å². The van der Waals surface area contributed by atoms with E-state index in [1.807, 2.05) is 38.1 Å². The molecule has 0 bridgehead atoms. The number of morpholine rings is 1. The van der Waals surface area contributed by atoms with E-state index in [2.05, 4.69) is 11.0 Å². The van der Waals surface area contributed by atoms with E-state index < -0.39 is 0 Å². The van der Waals surface area contributed by atoms with E-state index in [1.165, 1.54) is 0 Å². The molecule has 2 rings (SSSR count). The van der Waals surface area contributed by atoms with Crippen LogP contribution in [0, 0.1) is 11.3 Å². The fourth-order valence-corrected chi connectivity index (χ4v) is 1.97. The summed E-state index contributed by atoms with van der Waals surface area (Å²) in [6, 6.07) is 10.1.